The third-order valence-corrected chi connectivity index (χ3v) is 1.50. The fourth-order valence-corrected chi connectivity index (χ4v) is 1.18. The molecule has 0 aliphatic carbocycles. The van der Waals surface area contributed by atoms with Gasteiger partial charge in [0.25, 0.3) is 0 Å². The van der Waals surface area contributed by atoms with Gasteiger partial charge in [-0.3, -0.25) is 0 Å². The van der Waals surface area contributed by atoms with Crippen LogP contribution in [0, 0.1) is 11.3 Å². The highest BCUT2D eigenvalue weighted by molar-refractivity contribution is 8.04. The van der Waals surface area contributed by atoms with Crippen LogP contribution in [0.3, 0.4) is 0 Å². The molecule has 0 atom stereocenters. The summed E-state index contributed by atoms with van der Waals surface area (Å²) in [5.41, 5.74) is 0. The monoisotopic (exact) mass is 141 g/mol. The van der Waals surface area contributed by atoms with Crippen LogP contribution in [0.2, 0.25) is 0 Å². The van der Waals surface area contributed by atoms with Gasteiger partial charge in [0, 0.05) is 4.75 Å². The highest BCUT2D eigenvalue weighted by atomic mass is 32.2. The first-order valence-electron chi connectivity index (χ1n) is 2.74. The summed E-state index contributed by atoms with van der Waals surface area (Å²) in [5.74, 6) is 0. The van der Waals surface area contributed by atoms with Crippen LogP contribution in [0.15, 0.2) is 11.5 Å². The smallest absolute Gasteiger partial charge is 0.105 e. The van der Waals surface area contributed by atoms with Crippen LogP contribution in [0.4, 0.5) is 0 Å². The van der Waals surface area contributed by atoms with Gasteiger partial charge in [0.05, 0.1) is 4.91 Å². The maximum Gasteiger partial charge on any atom is 0.105 e. The maximum atomic E-state index is 8.33. The van der Waals surface area contributed by atoms with Gasteiger partial charge in [0.15, 0.2) is 0 Å². The Morgan fingerprint density at radius 2 is 2.00 bits per heavy atom. The van der Waals surface area contributed by atoms with Gasteiger partial charge in [-0.1, -0.05) is 27.4 Å². The highest BCUT2D eigenvalue weighted by Crippen LogP contribution is 2.28. The maximum absolute atomic E-state index is 8.33. The Bertz CT molecular complexity index is 147. The van der Waals surface area contributed by atoms with Gasteiger partial charge in [-0.2, -0.15) is 5.26 Å². The quantitative estimate of drug-likeness (QED) is 0.524. The summed E-state index contributed by atoms with van der Waals surface area (Å²) < 4.78 is 0.118. The summed E-state index contributed by atoms with van der Waals surface area (Å²) in [4.78, 5) is 0.586. The van der Waals surface area contributed by atoms with Gasteiger partial charge in [0.2, 0.25) is 0 Å². The molecule has 0 N–H and O–H groups in total. The Labute approximate surface area is 60.8 Å². The Kier molecular flexibility index (Phi) is 2.80. The van der Waals surface area contributed by atoms with E-state index >= 15 is 0 Å². The van der Waals surface area contributed by atoms with E-state index in [2.05, 4.69) is 27.4 Å². The summed E-state index contributed by atoms with van der Waals surface area (Å²) >= 11 is 1.50. The van der Waals surface area contributed by atoms with E-state index in [1.54, 1.807) is 0 Å². The van der Waals surface area contributed by atoms with E-state index in [-0.39, 0.29) is 4.75 Å². The van der Waals surface area contributed by atoms with Crippen LogP contribution in [0.5, 0.6) is 0 Å². The first-order chi connectivity index (χ1) is 3.95. The van der Waals surface area contributed by atoms with Crippen LogP contribution in [-0.4, -0.2) is 4.75 Å². The second-order valence-electron chi connectivity index (χ2n) is 2.75. The van der Waals surface area contributed by atoms with Gasteiger partial charge in [-0.05, 0) is 0 Å². The van der Waals surface area contributed by atoms with E-state index in [1.165, 1.54) is 11.8 Å². The molecule has 0 radical (unpaired) electrons. The van der Waals surface area contributed by atoms with Gasteiger partial charge in [-0.25, -0.2) is 0 Å². The lowest BCUT2D eigenvalue weighted by Crippen LogP contribution is -2.06. The molecule has 0 aliphatic heterocycles. The third kappa shape index (κ3) is 5.45. The number of hydrogen-bond acceptors (Lipinski definition) is 2. The molecule has 9 heavy (non-hydrogen) atoms. The third-order valence-electron chi connectivity index (χ3n) is 0.554. The van der Waals surface area contributed by atoms with Crippen LogP contribution < -0.4 is 0 Å². The molecule has 0 saturated carbocycles. The largest absolute Gasteiger partial charge is 0.192 e. The summed E-state index contributed by atoms with van der Waals surface area (Å²) in [7, 11) is 0. The average molecular weight is 141 g/mol. The fraction of sp³-hybridized carbons (Fsp3) is 0.571. The van der Waals surface area contributed by atoms with Gasteiger partial charge in [0.1, 0.15) is 6.07 Å². The molecule has 0 spiro atoms. The van der Waals surface area contributed by atoms with Crippen molar-refractivity contribution in [1.82, 2.24) is 0 Å². The molecule has 0 heterocycles. The summed E-state index contributed by atoms with van der Waals surface area (Å²) in [6, 6.07) is 1.99. The molecule has 1 nitrogen and oxygen atoms in total. The van der Waals surface area contributed by atoms with Crippen molar-refractivity contribution >= 4 is 11.8 Å². The molecule has 2 heteroatoms. The van der Waals surface area contributed by atoms with E-state index in [1.807, 2.05) is 6.07 Å². The lowest BCUT2D eigenvalue weighted by Gasteiger charge is -2.15. The predicted molar refractivity (Wildman–Crippen MR) is 42.1 cm³/mol. The first-order valence-corrected chi connectivity index (χ1v) is 3.55. The Hall–Kier alpha value is -0.420. The second-order valence-corrected chi connectivity index (χ2v) is 4.67. The van der Waals surface area contributed by atoms with Crippen molar-refractivity contribution in [1.29, 1.82) is 5.26 Å². The average Bonchev–Trinajstić information content (AvgIpc) is 1.62. The Balaban J connectivity index is 3.78. The number of allylic oxidation sites excluding steroid dienone is 1. The molecule has 0 saturated heterocycles. The van der Waals surface area contributed by atoms with Crippen LogP contribution in [0.1, 0.15) is 20.8 Å². The zero-order chi connectivity index (χ0) is 7.49. The van der Waals surface area contributed by atoms with Crippen LogP contribution in [0.25, 0.3) is 0 Å². The van der Waals surface area contributed by atoms with Gasteiger partial charge in [-0.15, -0.1) is 11.8 Å². The summed E-state index contributed by atoms with van der Waals surface area (Å²) in [6.45, 7) is 9.73. The molecule has 0 bridgehead atoms. The van der Waals surface area contributed by atoms with Gasteiger partial charge < -0.3 is 0 Å². The molecule has 0 aromatic heterocycles. The minimum atomic E-state index is 0.118. The van der Waals surface area contributed by atoms with Crippen molar-refractivity contribution in [3.8, 4) is 6.07 Å². The summed E-state index contributed by atoms with van der Waals surface area (Å²) in [6.07, 6.45) is 0. The Morgan fingerprint density at radius 3 is 2.11 bits per heavy atom. The highest BCUT2D eigenvalue weighted by Gasteiger charge is 2.11. The first kappa shape index (κ1) is 8.58. The van der Waals surface area contributed by atoms with Crippen molar-refractivity contribution in [2.75, 3.05) is 0 Å². The van der Waals surface area contributed by atoms with Crippen LogP contribution >= 0.6 is 11.8 Å². The zero-order valence-electron chi connectivity index (χ0n) is 6.06. The van der Waals surface area contributed by atoms with Crippen molar-refractivity contribution in [2.45, 2.75) is 25.5 Å². The number of nitrogens with zero attached hydrogens (tertiary/aromatic N) is 1. The van der Waals surface area contributed by atoms with Gasteiger partial charge >= 0.3 is 0 Å². The lowest BCUT2D eigenvalue weighted by molar-refractivity contribution is 0.807. The number of nitriles is 1. The Morgan fingerprint density at radius 1 is 1.56 bits per heavy atom. The molecule has 0 amide bonds. The second kappa shape index (κ2) is 2.93. The summed E-state index contributed by atoms with van der Waals surface area (Å²) in [5, 5.41) is 8.33. The van der Waals surface area contributed by atoms with E-state index in [9.17, 15) is 0 Å². The normalized spacial score (nSPS) is 10.4. The van der Waals surface area contributed by atoms with E-state index in [4.69, 9.17) is 5.26 Å². The lowest BCUT2D eigenvalue weighted by atomic mass is 10.3. The topological polar surface area (TPSA) is 23.8 Å². The van der Waals surface area contributed by atoms with Crippen molar-refractivity contribution in [3.63, 3.8) is 0 Å². The fourth-order valence-electron chi connectivity index (χ4n) is 0.392. The molecule has 0 rings (SSSR count). The number of rotatable bonds is 1. The SMILES string of the molecule is C=C(C#N)SC(C)(C)C. The standard InChI is InChI=1S/C7H11NS/c1-6(5-8)9-7(2,3)4/h1H2,2-4H3. The van der Waals surface area contributed by atoms with Crippen molar-refractivity contribution in [3.05, 3.63) is 11.5 Å². The minimum Gasteiger partial charge on any atom is -0.192 e. The van der Waals surface area contributed by atoms with Crippen molar-refractivity contribution in [2.24, 2.45) is 0 Å². The van der Waals surface area contributed by atoms with Crippen molar-refractivity contribution < 1.29 is 0 Å². The molecule has 0 fully saturated rings. The minimum absolute atomic E-state index is 0.118. The number of thioether (sulfide) groups is 1. The van der Waals surface area contributed by atoms with E-state index in [0.29, 0.717) is 4.91 Å². The van der Waals surface area contributed by atoms with E-state index in [0.717, 1.165) is 0 Å². The predicted octanol–water partition coefficient (Wildman–Crippen LogP) is 2.56. The number of hydrogen-bond donors (Lipinski definition) is 0. The molecular weight excluding hydrogens is 130 g/mol. The molecule has 0 aromatic carbocycles. The molecule has 0 unspecified atom stereocenters. The zero-order valence-corrected chi connectivity index (χ0v) is 6.88. The molecule has 0 aromatic rings. The van der Waals surface area contributed by atoms with E-state index < -0.39 is 0 Å². The van der Waals surface area contributed by atoms with Crippen LogP contribution in [-0.2, 0) is 0 Å². The molecule has 0 aliphatic rings. The molecule has 50 valence electrons. The molecular formula is C7H11NS.